The second-order valence-corrected chi connectivity index (χ2v) is 3.82. The Morgan fingerprint density at radius 1 is 1.16 bits per heavy atom. The van der Waals surface area contributed by atoms with E-state index in [-0.39, 0.29) is 5.91 Å². The Bertz CT molecular complexity index is 435. The number of benzene rings is 1. The Kier molecular flexibility index (Phi) is 5.95. The van der Waals surface area contributed by atoms with Crippen LogP contribution in [0.15, 0.2) is 12.1 Å². The third-order valence-electron chi connectivity index (χ3n) is 2.59. The van der Waals surface area contributed by atoms with Crippen molar-refractivity contribution >= 4 is 11.6 Å². The van der Waals surface area contributed by atoms with Gasteiger partial charge >= 0.3 is 0 Å². The number of nitrogens with two attached hydrogens (primary N) is 1. The molecule has 0 spiro atoms. The molecule has 0 aromatic heterocycles. The summed E-state index contributed by atoms with van der Waals surface area (Å²) in [6.45, 7) is 0.483. The first-order chi connectivity index (χ1) is 9.17. The average Bonchev–Trinajstić information content (AvgIpc) is 2.44. The van der Waals surface area contributed by atoms with Gasteiger partial charge in [-0.3, -0.25) is 4.79 Å². The molecular weight excluding hydrogens is 248 g/mol. The molecule has 0 aliphatic carbocycles. The van der Waals surface area contributed by atoms with Gasteiger partial charge in [-0.15, -0.1) is 0 Å². The van der Waals surface area contributed by atoms with Crippen LogP contribution in [0, 0.1) is 0 Å². The SMILES string of the molecule is COc1ccc(NC(=O)CCCN)c(OC)c1OC. The Morgan fingerprint density at radius 2 is 1.84 bits per heavy atom. The quantitative estimate of drug-likeness (QED) is 0.780. The van der Waals surface area contributed by atoms with E-state index >= 15 is 0 Å². The minimum Gasteiger partial charge on any atom is -0.493 e. The van der Waals surface area contributed by atoms with Crippen molar-refractivity contribution in [3.63, 3.8) is 0 Å². The molecule has 0 fully saturated rings. The van der Waals surface area contributed by atoms with Crippen molar-refractivity contribution in [3.8, 4) is 17.2 Å². The van der Waals surface area contributed by atoms with Crippen LogP contribution in [0.3, 0.4) is 0 Å². The molecule has 0 heterocycles. The smallest absolute Gasteiger partial charge is 0.224 e. The van der Waals surface area contributed by atoms with E-state index in [0.29, 0.717) is 42.3 Å². The maximum Gasteiger partial charge on any atom is 0.224 e. The van der Waals surface area contributed by atoms with Crippen molar-refractivity contribution < 1.29 is 19.0 Å². The van der Waals surface area contributed by atoms with Crippen LogP contribution >= 0.6 is 0 Å². The normalized spacial score (nSPS) is 9.89. The van der Waals surface area contributed by atoms with Crippen LogP contribution < -0.4 is 25.3 Å². The summed E-state index contributed by atoms with van der Waals surface area (Å²) in [7, 11) is 4.56. The van der Waals surface area contributed by atoms with Crippen molar-refractivity contribution in [2.45, 2.75) is 12.8 Å². The maximum atomic E-state index is 11.7. The van der Waals surface area contributed by atoms with Crippen LogP contribution in [0.5, 0.6) is 17.2 Å². The largest absolute Gasteiger partial charge is 0.493 e. The minimum absolute atomic E-state index is 0.115. The lowest BCUT2D eigenvalue weighted by molar-refractivity contribution is -0.116. The predicted molar refractivity (Wildman–Crippen MR) is 73.0 cm³/mol. The molecule has 0 unspecified atom stereocenters. The van der Waals surface area contributed by atoms with Gasteiger partial charge in [0.1, 0.15) is 0 Å². The molecule has 1 aromatic rings. The molecule has 0 atom stereocenters. The van der Waals surface area contributed by atoms with E-state index in [4.69, 9.17) is 19.9 Å². The lowest BCUT2D eigenvalue weighted by Gasteiger charge is -2.16. The summed E-state index contributed by atoms with van der Waals surface area (Å²) >= 11 is 0. The number of hydrogen-bond acceptors (Lipinski definition) is 5. The molecule has 0 radical (unpaired) electrons. The van der Waals surface area contributed by atoms with Crippen molar-refractivity contribution in [3.05, 3.63) is 12.1 Å². The van der Waals surface area contributed by atoms with E-state index < -0.39 is 0 Å². The molecule has 0 aliphatic rings. The molecule has 0 bridgehead atoms. The van der Waals surface area contributed by atoms with E-state index in [1.165, 1.54) is 21.3 Å². The fourth-order valence-electron chi connectivity index (χ4n) is 1.68. The number of anilines is 1. The summed E-state index contributed by atoms with van der Waals surface area (Å²) < 4.78 is 15.7. The van der Waals surface area contributed by atoms with Crippen molar-refractivity contribution in [2.75, 3.05) is 33.2 Å². The van der Waals surface area contributed by atoms with Gasteiger partial charge < -0.3 is 25.3 Å². The van der Waals surface area contributed by atoms with Crippen LogP contribution in [0.25, 0.3) is 0 Å². The Morgan fingerprint density at radius 3 is 2.37 bits per heavy atom. The maximum absolute atomic E-state index is 11.7. The van der Waals surface area contributed by atoms with E-state index in [9.17, 15) is 4.79 Å². The molecule has 0 aliphatic heterocycles. The zero-order valence-electron chi connectivity index (χ0n) is 11.5. The lowest BCUT2D eigenvalue weighted by Crippen LogP contribution is -2.14. The van der Waals surface area contributed by atoms with Crippen LogP contribution in [0.4, 0.5) is 5.69 Å². The van der Waals surface area contributed by atoms with Gasteiger partial charge in [-0.2, -0.15) is 0 Å². The summed E-state index contributed by atoms with van der Waals surface area (Å²) in [5, 5.41) is 2.77. The average molecular weight is 268 g/mol. The first-order valence-electron chi connectivity index (χ1n) is 5.96. The zero-order valence-corrected chi connectivity index (χ0v) is 11.5. The van der Waals surface area contributed by atoms with Crippen molar-refractivity contribution in [1.82, 2.24) is 0 Å². The summed E-state index contributed by atoms with van der Waals surface area (Å²) in [6, 6.07) is 3.42. The molecule has 0 saturated heterocycles. The van der Waals surface area contributed by atoms with E-state index in [0.717, 1.165) is 0 Å². The first-order valence-corrected chi connectivity index (χ1v) is 5.96. The van der Waals surface area contributed by atoms with Crippen LogP contribution in [0.1, 0.15) is 12.8 Å². The summed E-state index contributed by atoms with van der Waals surface area (Å²) in [4.78, 5) is 11.7. The molecule has 106 valence electrons. The number of ether oxygens (including phenoxy) is 3. The molecule has 0 saturated carbocycles. The number of rotatable bonds is 7. The highest BCUT2D eigenvalue weighted by Crippen LogP contribution is 2.42. The minimum atomic E-state index is -0.115. The fraction of sp³-hybridized carbons (Fsp3) is 0.462. The molecule has 19 heavy (non-hydrogen) atoms. The highest BCUT2D eigenvalue weighted by Gasteiger charge is 2.17. The highest BCUT2D eigenvalue weighted by atomic mass is 16.5. The topological polar surface area (TPSA) is 82.8 Å². The van der Waals surface area contributed by atoms with Gasteiger partial charge in [0.15, 0.2) is 11.5 Å². The number of carbonyl (C=O) groups excluding carboxylic acids is 1. The van der Waals surface area contributed by atoms with Gasteiger partial charge in [0, 0.05) is 6.42 Å². The van der Waals surface area contributed by atoms with Gasteiger partial charge in [-0.1, -0.05) is 0 Å². The molecule has 3 N–H and O–H groups in total. The highest BCUT2D eigenvalue weighted by molar-refractivity contribution is 5.93. The molecule has 6 nitrogen and oxygen atoms in total. The Labute approximate surface area is 112 Å². The molecule has 1 rings (SSSR count). The predicted octanol–water partition coefficient (Wildman–Crippen LogP) is 1.39. The molecular formula is C13H20N2O4. The van der Waals surface area contributed by atoms with Gasteiger partial charge in [0.05, 0.1) is 27.0 Å². The van der Waals surface area contributed by atoms with Gasteiger partial charge in [0.2, 0.25) is 11.7 Å². The summed E-state index contributed by atoms with van der Waals surface area (Å²) in [5.41, 5.74) is 5.91. The lowest BCUT2D eigenvalue weighted by atomic mass is 10.2. The van der Waals surface area contributed by atoms with E-state index in [1.54, 1.807) is 12.1 Å². The first kappa shape index (κ1) is 15.1. The third kappa shape index (κ3) is 3.75. The second kappa shape index (κ2) is 7.48. The zero-order chi connectivity index (χ0) is 14.3. The van der Waals surface area contributed by atoms with Crippen molar-refractivity contribution in [1.29, 1.82) is 0 Å². The number of hydrogen-bond donors (Lipinski definition) is 2. The number of nitrogens with one attached hydrogen (secondary N) is 1. The number of methoxy groups -OCH3 is 3. The summed E-state index contributed by atoms with van der Waals surface area (Å²) in [6.07, 6.45) is 1.01. The monoisotopic (exact) mass is 268 g/mol. The molecule has 6 heteroatoms. The van der Waals surface area contributed by atoms with Gasteiger partial charge in [-0.05, 0) is 25.1 Å². The molecule has 1 amide bonds. The number of carbonyl (C=O) groups is 1. The van der Waals surface area contributed by atoms with Gasteiger partial charge in [0.25, 0.3) is 0 Å². The summed E-state index contributed by atoms with van der Waals surface area (Å²) in [5.74, 6) is 1.31. The second-order valence-electron chi connectivity index (χ2n) is 3.82. The van der Waals surface area contributed by atoms with Crippen molar-refractivity contribution in [2.24, 2.45) is 5.73 Å². The van der Waals surface area contributed by atoms with Crippen LogP contribution in [-0.2, 0) is 4.79 Å². The van der Waals surface area contributed by atoms with Crippen LogP contribution in [-0.4, -0.2) is 33.8 Å². The number of amides is 1. The standard InChI is InChI=1S/C13H20N2O4/c1-17-10-7-6-9(12(18-2)13(10)19-3)15-11(16)5-4-8-14/h6-7H,4-5,8,14H2,1-3H3,(H,15,16). The third-order valence-corrected chi connectivity index (χ3v) is 2.59. The van der Waals surface area contributed by atoms with Crippen LogP contribution in [0.2, 0.25) is 0 Å². The van der Waals surface area contributed by atoms with E-state index in [2.05, 4.69) is 5.32 Å². The van der Waals surface area contributed by atoms with Gasteiger partial charge in [-0.25, -0.2) is 0 Å². The Hall–Kier alpha value is -1.95. The van der Waals surface area contributed by atoms with E-state index in [1.807, 2.05) is 0 Å². The fourth-order valence-corrected chi connectivity index (χ4v) is 1.68. The Balaban J connectivity index is 2.98. The molecule has 1 aromatic carbocycles.